The molecular weight excluding hydrogens is 340 g/mol. The van der Waals surface area contributed by atoms with E-state index in [4.69, 9.17) is 4.74 Å². The van der Waals surface area contributed by atoms with Gasteiger partial charge in [0, 0.05) is 38.8 Å². The lowest BCUT2D eigenvalue weighted by Crippen LogP contribution is -2.49. The SMILES string of the molecule is CCOc1ccccc1CCC(=O)N1CCN(c2ncccc2C#N)CC1. The van der Waals surface area contributed by atoms with Gasteiger partial charge in [0.2, 0.25) is 5.91 Å². The van der Waals surface area contributed by atoms with Crippen molar-refractivity contribution in [2.24, 2.45) is 0 Å². The summed E-state index contributed by atoms with van der Waals surface area (Å²) in [6, 6.07) is 13.6. The van der Waals surface area contributed by atoms with Crippen LogP contribution in [0.2, 0.25) is 0 Å². The maximum atomic E-state index is 12.6. The van der Waals surface area contributed by atoms with E-state index in [1.165, 1.54) is 0 Å². The van der Waals surface area contributed by atoms with E-state index in [0.29, 0.717) is 57.0 Å². The van der Waals surface area contributed by atoms with Gasteiger partial charge in [0.15, 0.2) is 0 Å². The first-order valence-corrected chi connectivity index (χ1v) is 9.31. The average Bonchev–Trinajstić information content (AvgIpc) is 2.73. The number of rotatable bonds is 6. The topological polar surface area (TPSA) is 69.5 Å². The molecule has 0 atom stereocenters. The van der Waals surface area contributed by atoms with Crippen LogP contribution in [0.3, 0.4) is 0 Å². The molecule has 27 heavy (non-hydrogen) atoms. The number of carbonyl (C=O) groups is 1. The molecule has 0 saturated carbocycles. The summed E-state index contributed by atoms with van der Waals surface area (Å²) in [5.74, 6) is 1.72. The number of aryl methyl sites for hydroxylation is 1. The van der Waals surface area contributed by atoms with Crippen LogP contribution in [0.4, 0.5) is 5.82 Å². The summed E-state index contributed by atoms with van der Waals surface area (Å²) >= 11 is 0. The van der Waals surface area contributed by atoms with E-state index in [-0.39, 0.29) is 5.91 Å². The molecule has 1 aliphatic heterocycles. The van der Waals surface area contributed by atoms with E-state index < -0.39 is 0 Å². The van der Waals surface area contributed by atoms with Gasteiger partial charge >= 0.3 is 0 Å². The van der Waals surface area contributed by atoms with Gasteiger partial charge in [0.1, 0.15) is 17.6 Å². The van der Waals surface area contributed by atoms with E-state index in [9.17, 15) is 10.1 Å². The average molecular weight is 364 g/mol. The van der Waals surface area contributed by atoms with Gasteiger partial charge in [0.05, 0.1) is 12.2 Å². The minimum Gasteiger partial charge on any atom is -0.494 e. The maximum Gasteiger partial charge on any atom is 0.223 e. The summed E-state index contributed by atoms with van der Waals surface area (Å²) in [7, 11) is 0. The number of nitrogens with zero attached hydrogens (tertiary/aromatic N) is 4. The lowest BCUT2D eigenvalue weighted by Gasteiger charge is -2.35. The summed E-state index contributed by atoms with van der Waals surface area (Å²) in [5, 5.41) is 9.24. The van der Waals surface area contributed by atoms with Gasteiger partial charge in [-0.05, 0) is 37.1 Å². The van der Waals surface area contributed by atoms with E-state index in [1.54, 1.807) is 18.3 Å². The largest absolute Gasteiger partial charge is 0.494 e. The number of nitriles is 1. The molecule has 6 nitrogen and oxygen atoms in total. The Labute approximate surface area is 160 Å². The first-order valence-electron chi connectivity index (χ1n) is 9.31. The van der Waals surface area contributed by atoms with Gasteiger partial charge in [0.25, 0.3) is 0 Å². The fourth-order valence-corrected chi connectivity index (χ4v) is 3.31. The molecule has 1 aliphatic rings. The standard InChI is InChI=1S/C21H24N4O2/c1-2-27-19-8-4-3-6-17(19)9-10-20(26)24-12-14-25(15-13-24)21-18(16-22)7-5-11-23-21/h3-8,11H,2,9-10,12-15H2,1H3. The Balaban J connectivity index is 1.54. The fourth-order valence-electron chi connectivity index (χ4n) is 3.31. The Kier molecular flexibility index (Phi) is 6.26. The van der Waals surface area contributed by atoms with Crippen LogP contribution in [0.15, 0.2) is 42.6 Å². The predicted octanol–water partition coefficient (Wildman–Crippen LogP) is 2.63. The van der Waals surface area contributed by atoms with Crippen molar-refractivity contribution in [2.75, 3.05) is 37.7 Å². The van der Waals surface area contributed by atoms with Crippen LogP contribution in [0.1, 0.15) is 24.5 Å². The molecule has 140 valence electrons. The van der Waals surface area contributed by atoms with Gasteiger partial charge < -0.3 is 14.5 Å². The third kappa shape index (κ3) is 4.56. The van der Waals surface area contributed by atoms with Crippen LogP contribution in [-0.4, -0.2) is 48.6 Å². The van der Waals surface area contributed by atoms with Crippen molar-refractivity contribution in [2.45, 2.75) is 19.8 Å². The van der Waals surface area contributed by atoms with Crippen molar-refractivity contribution in [3.05, 3.63) is 53.7 Å². The zero-order chi connectivity index (χ0) is 19.1. The Morgan fingerprint density at radius 3 is 2.70 bits per heavy atom. The second-order valence-corrected chi connectivity index (χ2v) is 6.39. The molecule has 0 spiro atoms. The van der Waals surface area contributed by atoms with Crippen molar-refractivity contribution in [3.63, 3.8) is 0 Å². The number of piperazine rings is 1. The van der Waals surface area contributed by atoms with Crippen molar-refractivity contribution in [1.29, 1.82) is 5.26 Å². The quantitative estimate of drug-likeness (QED) is 0.788. The smallest absolute Gasteiger partial charge is 0.223 e. The summed E-state index contributed by atoms with van der Waals surface area (Å²) in [6.07, 6.45) is 2.84. The van der Waals surface area contributed by atoms with Crippen molar-refractivity contribution in [3.8, 4) is 11.8 Å². The summed E-state index contributed by atoms with van der Waals surface area (Å²) < 4.78 is 5.63. The Morgan fingerprint density at radius 1 is 1.19 bits per heavy atom. The lowest BCUT2D eigenvalue weighted by molar-refractivity contribution is -0.131. The monoisotopic (exact) mass is 364 g/mol. The Hall–Kier alpha value is -3.07. The van der Waals surface area contributed by atoms with Gasteiger partial charge in [-0.1, -0.05) is 18.2 Å². The number of para-hydroxylation sites is 1. The molecule has 1 aromatic carbocycles. The zero-order valence-electron chi connectivity index (χ0n) is 15.6. The number of anilines is 1. The van der Waals surface area contributed by atoms with Crippen LogP contribution < -0.4 is 9.64 Å². The molecule has 0 bridgehead atoms. The molecule has 3 rings (SSSR count). The molecule has 1 aromatic heterocycles. The number of aromatic nitrogens is 1. The molecular formula is C21H24N4O2. The van der Waals surface area contributed by atoms with E-state index in [1.807, 2.05) is 36.1 Å². The van der Waals surface area contributed by atoms with Gasteiger partial charge in [-0.3, -0.25) is 4.79 Å². The number of hydrogen-bond acceptors (Lipinski definition) is 5. The first kappa shape index (κ1) is 18.7. The van der Waals surface area contributed by atoms with Crippen molar-refractivity contribution in [1.82, 2.24) is 9.88 Å². The molecule has 1 amide bonds. The molecule has 0 radical (unpaired) electrons. The Bertz CT molecular complexity index is 823. The first-order chi connectivity index (χ1) is 13.2. The van der Waals surface area contributed by atoms with Crippen molar-refractivity contribution < 1.29 is 9.53 Å². The minimum absolute atomic E-state index is 0.155. The predicted molar refractivity (Wildman–Crippen MR) is 104 cm³/mol. The van der Waals surface area contributed by atoms with E-state index in [2.05, 4.69) is 16.0 Å². The second kappa shape index (κ2) is 9.04. The Morgan fingerprint density at radius 2 is 1.96 bits per heavy atom. The number of benzene rings is 1. The number of carbonyl (C=O) groups excluding carboxylic acids is 1. The van der Waals surface area contributed by atoms with E-state index >= 15 is 0 Å². The van der Waals surface area contributed by atoms with Crippen molar-refractivity contribution >= 4 is 11.7 Å². The number of ether oxygens (including phenoxy) is 1. The fraction of sp³-hybridized carbons (Fsp3) is 0.381. The zero-order valence-corrected chi connectivity index (χ0v) is 15.6. The molecule has 0 N–H and O–H groups in total. The molecule has 2 aromatic rings. The van der Waals surface area contributed by atoms with E-state index in [0.717, 1.165) is 11.3 Å². The summed E-state index contributed by atoms with van der Waals surface area (Å²) in [4.78, 5) is 20.9. The molecule has 1 fully saturated rings. The highest BCUT2D eigenvalue weighted by molar-refractivity contribution is 5.77. The maximum absolute atomic E-state index is 12.6. The van der Waals surface area contributed by atoms with Crippen LogP contribution >= 0.6 is 0 Å². The van der Waals surface area contributed by atoms with Crippen LogP contribution in [0, 0.1) is 11.3 Å². The number of pyridine rings is 1. The molecule has 2 heterocycles. The van der Waals surface area contributed by atoms with Crippen LogP contribution in [0.25, 0.3) is 0 Å². The third-order valence-corrected chi connectivity index (χ3v) is 4.72. The lowest BCUT2D eigenvalue weighted by atomic mass is 10.1. The van der Waals surface area contributed by atoms with Gasteiger partial charge in [-0.2, -0.15) is 5.26 Å². The van der Waals surface area contributed by atoms with Gasteiger partial charge in [-0.15, -0.1) is 0 Å². The minimum atomic E-state index is 0.155. The van der Waals surface area contributed by atoms with Crippen LogP contribution in [-0.2, 0) is 11.2 Å². The second-order valence-electron chi connectivity index (χ2n) is 6.39. The number of hydrogen-bond donors (Lipinski definition) is 0. The van der Waals surface area contributed by atoms with Gasteiger partial charge in [-0.25, -0.2) is 4.98 Å². The molecule has 6 heteroatoms. The summed E-state index contributed by atoms with van der Waals surface area (Å²) in [5.41, 5.74) is 1.64. The molecule has 0 aliphatic carbocycles. The highest BCUT2D eigenvalue weighted by Gasteiger charge is 2.23. The normalized spacial score (nSPS) is 13.9. The highest BCUT2D eigenvalue weighted by atomic mass is 16.5. The van der Waals surface area contributed by atoms with Crippen LogP contribution in [0.5, 0.6) is 5.75 Å². The highest BCUT2D eigenvalue weighted by Crippen LogP contribution is 2.21. The molecule has 1 saturated heterocycles. The third-order valence-electron chi connectivity index (χ3n) is 4.72. The number of amides is 1. The summed E-state index contributed by atoms with van der Waals surface area (Å²) in [6.45, 7) is 5.24. The molecule has 0 unspecified atom stereocenters.